The van der Waals surface area contributed by atoms with Gasteiger partial charge in [0.2, 0.25) is 5.78 Å². The first-order valence-corrected chi connectivity index (χ1v) is 20.3. The van der Waals surface area contributed by atoms with Crippen LogP contribution in [0.3, 0.4) is 0 Å². The number of amides is 1. The molecule has 328 valence electrons. The molecule has 0 saturated carbocycles. The summed E-state index contributed by atoms with van der Waals surface area (Å²) in [5, 5.41) is 67.1. The van der Waals surface area contributed by atoms with Crippen LogP contribution in [0.15, 0.2) is 28.9 Å². The molecule has 0 aliphatic carbocycles. The lowest BCUT2D eigenvalue weighted by molar-refractivity contribution is -0.163. The van der Waals surface area contributed by atoms with Gasteiger partial charge in [0.05, 0.1) is 46.7 Å². The minimum Gasteiger partial charge on any atom is -0.507 e. The Morgan fingerprint density at radius 2 is 1.62 bits per heavy atom. The summed E-state index contributed by atoms with van der Waals surface area (Å²) in [4.78, 5) is 42.9. The minimum absolute atomic E-state index is 0.0506. The molecule has 2 unspecified atom stereocenters. The third kappa shape index (κ3) is 8.30. The monoisotopic (exact) mass is 838 g/mol. The zero-order valence-electron chi connectivity index (χ0n) is 35.8. The number of esters is 1. The van der Waals surface area contributed by atoms with Crippen molar-refractivity contribution < 1.29 is 63.6 Å². The maximum atomic E-state index is 14.6. The number of carbonyl (C=O) groups is 3. The van der Waals surface area contributed by atoms with Gasteiger partial charge < -0.3 is 59.4 Å². The molecule has 2 saturated heterocycles. The van der Waals surface area contributed by atoms with E-state index in [0.717, 1.165) is 13.1 Å². The summed E-state index contributed by atoms with van der Waals surface area (Å²) in [7, 11) is 3.43. The van der Waals surface area contributed by atoms with Crippen LogP contribution in [0.1, 0.15) is 70.0 Å². The van der Waals surface area contributed by atoms with Crippen molar-refractivity contribution >= 4 is 40.3 Å². The lowest BCUT2D eigenvalue weighted by Gasteiger charge is -2.38. The van der Waals surface area contributed by atoms with Crippen molar-refractivity contribution in [3.63, 3.8) is 0 Å². The normalized spacial score (nSPS) is 34.6. The predicted octanol–water partition coefficient (Wildman–Crippen LogP) is 3.55. The molecule has 0 aromatic heterocycles. The third-order valence-electron chi connectivity index (χ3n) is 12.4. The maximum absolute atomic E-state index is 14.6. The van der Waals surface area contributed by atoms with Gasteiger partial charge >= 0.3 is 5.97 Å². The van der Waals surface area contributed by atoms with Gasteiger partial charge in [0.1, 0.15) is 29.5 Å². The number of methoxy groups -OCH3 is 1. The third-order valence-corrected chi connectivity index (χ3v) is 12.4. The number of aliphatic hydroxyl groups excluding tert-OH is 2. The molecule has 11 atom stereocenters. The van der Waals surface area contributed by atoms with Crippen LogP contribution in [0, 0.1) is 30.6 Å². The van der Waals surface area contributed by atoms with Gasteiger partial charge in [-0.2, -0.15) is 5.10 Å². The lowest BCUT2D eigenvalue weighted by Crippen LogP contribution is -2.48. The largest absolute Gasteiger partial charge is 0.507 e. The van der Waals surface area contributed by atoms with Gasteiger partial charge in [-0.25, -0.2) is 0 Å². The molecule has 0 radical (unpaired) electrons. The average molecular weight is 839 g/mol. The zero-order valence-corrected chi connectivity index (χ0v) is 35.8. The molecular formula is C43H58N4O13. The molecule has 2 fully saturated rings. The van der Waals surface area contributed by atoms with Crippen molar-refractivity contribution in [1.29, 1.82) is 0 Å². The topological polar surface area (TPSA) is 233 Å². The first-order valence-electron chi connectivity index (χ1n) is 20.3. The second-order valence-corrected chi connectivity index (χ2v) is 16.8. The molecule has 6 N–H and O–H groups in total. The number of nitrogens with zero attached hydrogens (tertiary/aromatic N) is 3. The Morgan fingerprint density at radius 3 is 2.25 bits per heavy atom. The molecule has 60 heavy (non-hydrogen) atoms. The Labute approximate surface area is 349 Å². The van der Waals surface area contributed by atoms with E-state index in [0.29, 0.717) is 13.1 Å². The maximum Gasteiger partial charge on any atom is 0.302 e. The highest BCUT2D eigenvalue weighted by atomic mass is 16.8. The van der Waals surface area contributed by atoms with Gasteiger partial charge in [-0.1, -0.05) is 45.9 Å². The van der Waals surface area contributed by atoms with Crippen LogP contribution in [0.2, 0.25) is 0 Å². The van der Waals surface area contributed by atoms with Crippen molar-refractivity contribution in [2.45, 2.75) is 98.0 Å². The summed E-state index contributed by atoms with van der Waals surface area (Å²) in [5.41, 5.74) is -0.371. The smallest absolute Gasteiger partial charge is 0.302 e. The Kier molecular flexibility index (Phi) is 12.9. The number of hydrogen-bond acceptors (Lipinski definition) is 16. The van der Waals surface area contributed by atoms with Crippen LogP contribution in [0.4, 0.5) is 5.69 Å². The predicted molar refractivity (Wildman–Crippen MR) is 220 cm³/mol. The Bertz CT molecular complexity index is 2110. The Morgan fingerprint density at radius 1 is 0.950 bits per heavy atom. The van der Waals surface area contributed by atoms with E-state index in [1.54, 1.807) is 44.9 Å². The van der Waals surface area contributed by atoms with Crippen LogP contribution >= 0.6 is 0 Å². The molecule has 7 rings (SSSR count). The number of hydrogen-bond donors (Lipinski definition) is 6. The zero-order chi connectivity index (χ0) is 44.1. The number of carbonyl (C=O) groups excluding carboxylic acids is 3. The van der Waals surface area contributed by atoms with Crippen LogP contribution in [0.25, 0.3) is 10.8 Å². The van der Waals surface area contributed by atoms with Crippen LogP contribution in [-0.4, -0.2) is 142 Å². The van der Waals surface area contributed by atoms with Crippen LogP contribution in [-0.2, 0) is 28.5 Å². The van der Waals surface area contributed by atoms with E-state index < -0.39 is 101 Å². The second-order valence-electron chi connectivity index (χ2n) is 16.8. The lowest BCUT2D eigenvalue weighted by atomic mass is 9.78. The van der Waals surface area contributed by atoms with Crippen molar-refractivity contribution in [2.75, 3.05) is 45.7 Å². The highest BCUT2D eigenvalue weighted by Crippen LogP contribution is 2.55. The van der Waals surface area contributed by atoms with E-state index in [4.69, 9.17) is 23.7 Å². The number of allylic oxidation sites excluding steroid dienone is 2. The van der Waals surface area contributed by atoms with Crippen LogP contribution in [0.5, 0.6) is 23.0 Å². The molecule has 17 nitrogen and oxygen atoms in total. The molecule has 5 aliphatic heterocycles. The molecule has 2 aromatic rings. The summed E-state index contributed by atoms with van der Waals surface area (Å²) >= 11 is 0. The Hall–Kier alpha value is -4.78. The van der Waals surface area contributed by atoms with Crippen molar-refractivity contribution in [2.24, 2.45) is 28.8 Å². The van der Waals surface area contributed by atoms with Gasteiger partial charge in [-0.3, -0.25) is 19.4 Å². The van der Waals surface area contributed by atoms with Crippen LogP contribution < -0.4 is 10.1 Å². The fourth-order valence-corrected chi connectivity index (χ4v) is 8.51. The number of rotatable bonds is 4. The number of aliphatic hydroxyl groups is 2. The van der Waals surface area contributed by atoms with Gasteiger partial charge in [0.25, 0.3) is 11.7 Å². The number of anilines is 1. The van der Waals surface area contributed by atoms with Crippen molar-refractivity contribution in [3.8, 4) is 23.0 Å². The number of ketones is 1. The average Bonchev–Trinajstić information content (AvgIpc) is 3.90. The summed E-state index contributed by atoms with van der Waals surface area (Å²) in [6, 6.07) is 0. The van der Waals surface area contributed by atoms with E-state index in [2.05, 4.69) is 15.3 Å². The highest BCUT2D eigenvalue weighted by molar-refractivity contribution is 6.23. The number of hydrazone groups is 1. The van der Waals surface area contributed by atoms with E-state index in [1.807, 2.05) is 7.05 Å². The standard InChI is InChI=1S/C43H58N4O13/c1-19-12-11-13-20(2)41(55)45-30-26(18-44-47-16-14-46(9)15-17-47)34(52)27-28(35(30)53)33(51)23(5)37-29(27)40(54)43(8,59-37)60-42-39(58-42)38(56-10)24(6)36(57-25(7)48)22(4)32(50)21(3)31(19)49/h11-13,18-19,21-22,24,31-32,36,38-39,42,49-53H,14-17H2,1-10H3,(H,45,55)/b12-11+,20-13-,44-18+/t19-,21+,22+,24-,31-,32+,36-,38+,39?,42?,43+/m0/s1. The first kappa shape index (κ1) is 44.8. The quantitative estimate of drug-likeness (QED) is 0.0850. The first-order chi connectivity index (χ1) is 28.2. The number of Topliss-reactive ketones (excluding diaryl/α,β-unsaturated/α-hetero) is 1. The molecule has 5 aliphatic rings. The van der Waals surface area contributed by atoms with Crippen molar-refractivity contribution in [3.05, 3.63) is 40.5 Å². The van der Waals surface area contributed by atoms with Gasteiger partial charge in [0, 0.05) is 87.3 Å². The van der Waals surface area contributed by atoms with Gasteiger partial charge in [-0.15, -0.1) is 0 Å². The number of phenols is 3. The summed E-state index contributed by atoms with van der Waals surface area (Å²) < 4.78 is 30.0. The van der Waals surface area contributed by atoms with Crippen molar-refractivity contribution in [1.82, 2.24) is 9.91 Å². The number of fused-ring (bicyclic) bond motifs is 12. The molecule has 5 heterocycles. The Balaban J connectivity index is 1.50. The second kappa shape index (κ2) is 17.3. The minimum atomic E-state index is -2.07. The number of benzene rings is 2. The van der Waals surface area contributed by atoms with E-state index in [9.17, 15) is 39.9 Å². The summed E-state index contributed by atoms with van der Waals surface area (Å²) in [6.45, 7) is 15.1. The summed E-state index contributed by atoms with van der Waals surface area (Å²) in [5.74, 6) is -8.45. The number of nitrogens with one attached hydrogen (secondary N) is 1. The number of ether oxygens (including phenoxy) is 5. The number of piperazine rings is 1. The molecule has 2 aromatic carbocycles. The molecule has 0 spiro atoms. The SMILES string of the molecule is CO[C@H]1C2OC2O[C@@]2(C)Oc3c(C)c(O)c4c(O)c(c(/C=N/N5CCN(C)CC5)c(O)c4c3C2=O)NC(=O)/C(C)=C\C=C\[C@H](C)[C@H](O)[C@@H](C)[C@@H](O)[C@@H](C)[C@H](OC(C)=O)[C@@H]1C. The number of epoxide rings is 1. The highest BCUT2D eigenvalue weighted by Gasteiger charge is 2.58. The van der Waals surface area contributed by atoms with Gasteiger partial charge in [-0.05, 0) is 20.9 Å². The van der Waals surface area contributed by atoms with E-state index in [-0.39, 0.29) is 44.5 Å². The number of aromatic hydroxyl groups is 3. The fourth-order valence-electron chi connectivity index (χ4n) is 8.51. The number of likely N-dealkylation sites (N-methyl/N-ethyl adjacent to an activating group) is 1. The summed E-state index contributed by atoms with van der Waals surface area (Å²) in [6.07, 6.45) is 0.245. The molecular weight excluding hydrogens is 780 g/mol. The molecule has 17 heteroatoms. The van der Waals surface area contributed by atoms with E-state index in [1.165, 1.54) is 47.1 Å². The van der Waals surface area contributed by atoms with E-state index >= 15 is 0 Å². The number of phenolic OH excluding ortho intramolecular Hbond substituents is 3. The molecule has 5 bridgehead atoms. The van der Waals surface area contributed by atoms with Gasteiger partial charge in [0.15, 0.2) is 12.0 Å². The fraction of sp³-hybridized carbons (Fsp3) is 0.581. The molecule has 1 amide bonds.